The molecule has 0 fully saturated rings. The molecule has 0 N–H and O–H groups in total. The van der Waals surface area contributed by atoms with Crippen LogP contribution in [0.2, 0.25) is 10.3 Å². The number of ether oxygens (including phenoxy) is 1. The maximum absolute atomic E-state index is 13.1. The third kappa shape index (κ3) is 3.27. The Morgan fingerprint density at radius 2 is 1.81 bits per heavy atom. The Balaban J connectivity index is 3.00. The lowest BCUT2D eigenvalue weighted by Gasteiger charge is -2.15. The van der Waals surface area contributed by atoms with Crippen molar-refractivity contribution in [2.75, 3.05) is 6.61 Å². The molecule has 1 aromatic heterocycles. The number of aromatic nitrogens is 2. The molecule has 0 aliphatic carbocycles. The van der Waals surface area contributed by atoms with Crippen molar-refractivity contribution in [3.63, 3.8) is 0 Å². The number of nitrogens with zero attached hydrogens (tertiary/aromatic N) is 2. The van der Waals surface area contributed by atoms with Gasteiger partial charge in [-0.1, -0.05) is 36.5 Å². The van der Waals surface area contributed by atoms with Crippen LogP contribution in [0.5, 0.6) is 0 Å². The van der Waals surface area contributed by atoms with Gasteiger partial charge in [0.1, 0.15) is 6.10 Å². The van der Waals surface area contributed by atoms with Crippen LogP contribution in [0.1, 0.15) is 38.6 Å². The summed E-state index contributed by atoms with van der Waals surface area (Å²) >= 11 is 11.2. The van der Waals surface area contributed by atoms with Gasteiger partial charge in [-0.3, -0.25) is 0 Å². The molecule has 0 aliphatic heterocycles. The maximum Gasteiger partial charge on any atom is 0.197 e. The Bertz CT molecular complexity index is 334. The molecule has 3 nitrogen and oxygen atoms in total. The van der Waals surface area contributed by atoms with Crippen LogP contribution in [0, 0.1) is 5.82 Å². The van der Waals surface area contributed by atoms with E-state index in [1.807, 2.05) is 13.8 Å². The van der Waals surface area contributed by atoms with Gasteiger partial charge < -0.3 is 4.74 Å². The van der Waals surface area contributed by atoms with Gasteiger partial charge >= 0.3 is 0 Å². The highest BCUT2D eigenvalue weighted by molar-refractivity contribution is 6.33. The largest absolute Gasteiger partial charge is 0.371 e. The summed E-state index contributed by atoms with van der Waals surface area (Å²) in [7, 11) is 0. The quantitative estimate of drug-likeness (QED) is 0.761. The topological polar surface area (TPSA) is 35.0 Å². The Morgan fingerprint density at radius 1 is 1.25 bits per heavy atom. The lowest BCUT2D eigenvalue weighted by molar-refractivity contribution is 0.0492. The minimum atomic E-state index is -0.793. The Kier molecular flexibility index (Phi) is 5.38. The van der Waals surface area contributed by atoms with Gasteiger partial charge in [-0.05, 0) is 13.3 Å². The first-order valence-corrected chi connectivity index (χ1v) is 5.85. The molecule has 0 amide bonds. The van der Waals surface area contributed by atoms with Crippen molar-refractivity contribution in [1.82, 2.24) is 9.97 Å². The highest BCUT2D eigenvalue weighted by atomic mass is 35.5. The van der Waals surface area contributed by atoms with Crippen molar-refractivity contribution < 1.29 is 9.13 Å². The molecule has 1 heterocycles. The van der Waals surface area contributed by atoms with E-state index in [9.17, 15) is 4.39 Å². The van der Waals surface area contributed by atoms with Gasteiger partial charge in [0.2, 0.25) is 0 Å². The van der Waals surface area contributed by atoms with E-state index < -0.39 is 5.82 Å². The number of halogens is 3. The molecule has 0 spiro atoms. The van der Waals surface area contributed by atoms with E-state index in [2.05, 4.69) is 9.97 Å². The van der Waals surface area contributed by atoms with Gasteiger partial charge in [-0.15, -0.1) is 0 Å². The fourth-order valence-corrected chi connectivity index (χ4v) is 1.70. The van der Waals surface area contributed by atoms with Crippen LogP contribution < -0.4 is 0 Å². The van der Waals surface area contributed by atoms with Crippen LogP contribution in [0.3, 0.4) is 0 Å². The normalized spacial score (nSPS) is 12.8. The Morgan fingerprint density at radius 3 is 2.25 bits per heavy atom. The van der Waals surface area contributed by atoms with Crippen molar-refractivity contribution >= 4 is 23.2 Å². The molecule has 1 atom stereocenters. The molecule has 90 valence electrons. The van der Waals surface area contributed by atoms with E-state index in [4.69, 9.17) is 27.9 Å². The molecule has 0 saturated carbocycles. The van der Waals surface area contributed by atoms with Gasteiger partial charge in [-0.25, -0.2) is 14.4 Å². The third-order valence-electron chi connectivity index (χ3n) is 1.99. The zero-order valence-electron chi connectivity index (χ0n) is 9.14. The second kappa shape index (κ2) is 6.33. The second-order valence-corrected chi connectivity index (χ2v) is 3.93. The first-order chi connectivity index (χ1) is 7.60. The summed E-state index contributed by atoms with van der Waals surface area (Å²) in [4.78, 5) is 7.68. The van der Waals surface area contributed by atoms with E-state index in [0.29, 0.717) is 12.4 Å². The van der Waals surface area contributed by atoms with E-state index in [0.717, 1.165) is 12.8 Å². The smallest absolute Gasteiger partial charge is 0.197 e. The van der Waals surface area contributed by atoms with Crippen LogP contribution >= 0.6 is 23.2 Å². The molecular formula is C10H13Cl2FN2O. The van der Waals surface area contributed by atoms with E-state index >= 15 is 0 Å². The van der Waals surface area contributed by atoms with Crippen LogP contribution in [0.4, 0.5) is 4.39 Å². The fraction of sp³-hybridized carbons (Fsp3) is 0.600. The first-order valence-electron chi connectivity index (χ1n) is 5.10. The SMILES string of the molecule is CCCC(OCC)c1nc(Cl)c(F)c(Cl)n1. The molecule has 6 heteroatoms. The molecular weight excluding hydrogens is 254 g/mol. The molecule has 0 aromatic carbocycles. The fourth-order valence-electron chi connectivity index (χ4n) is 1.30. The summed E-state index contributed by atoms with van der Waals surface area (Å²) < 4.78 is 18.6. The second-order valence-electron chi connectivity index (χ2n) is 3.21. The van der Waals surface area contributed by atoms with Gasteiger partial charge in [-0.2, -0.15) is 0 Å². The zero-order valence-corrected chi connectivity index (χ0v) is 10.6. The van der Waals surface area contributed by atoms with Crippen molar-refractivity contribution in [2.24, 2.45) is 0 Å². The third-order valence-corrected chi connectivity index (χ3v) is 2.50. The molecule has 1 rings (SSSR count). The van der Waals surface area contributed by atoms with Gasteiger partial charge in [0.05, 0.1) is 0 Å². The number of hydrogen-bond acceptors (Lipinski definition) is 3. The van der Waals surface area contributed by atoms with Gasteiger partial charge in [0.15, 0.2) is 21.9 Å². The van der Waals surface area contributed by atoms with Gasteiger partial charge in [0, 0.05) is 6.61 Å². The Hall–Kier alpha value is -0.450. The predicted octanol–water partition coefficient (Wildman–Crippen LogP) is 3.80. The minimum absolute atomic E-state index is 0.268. The molecule has 1 unspecified atom stereocenters. The lowest BCUT2D eigenvalue weighted by Crippen LogP contribution is -2.10. The van der Waals surface area contributed by atoms with Crippen LogP contribution in [-0.4, -0.2) is 16.6 Å². The average molecular weight is 267 g/mol. The summed E-state index contributed by atoms with van der Waals surface area (Å²) in [5.74, 6) is -0.459. The highest BCUT2D eigenvalue weighted by Crippen LogP contribution is 2.25. The van der Waals surface area contributed by atoms with Crippen LogP contribution in [0.15, 0.2) is 0 Å². The molecule has 0 radical (unpaired) electrons. The zero-order chi connectivity index (χ0) is 12.1. The highest BCUT2D eigenvalue weighted by Gasteiger charge is 2.18. The summed E-state index contributed by atoms with van der Waals surface area (Å²) in [6, 6.07) is 0. The van der Waals surface area contributed by atoms with Crippen LogP contribution in [-0.2, 0) is 4.74 Å². The molecule has 16 heavy (non-hydrogen) atoms. The number of hydrogen-bond donors (Lipinski definition) is 0. The van der Waals surface area contributed by atoms with Crippen molar-refractivity contribution in [1.29, 1.82) is 0 Å². The molecule has 0 saturated heterocycles. The average Bonchev–Trinajstić information content (AvgIpc) is 2.25. The van der Waals surface area contributed by atoms with E-state index in [1.54, 1.807) is 0 Å². The maximum atomic E-state index is 13.1. The summed E-state index contributed by atoms with van der Waals surface area (Å²) in [6.45, 7) is 4.41. The number of rotatable bonds is 5. The van der Waals surface area contributed by atoms with E-state index in [1.165, 1.54) is 0 Å². The molecule has 0 bridgehead atoms. The van der Waals surface area contributed by atoms with E-state index in [-0.39, 0.29) is 16.4 Å². The molecule has 1 aromatic rings. The lowest BCUT2D eigenvalue weighted by atomic mass is 10.2. The molecule has 0 aliphatic rings. The van der Waals surface area contributed by atoms with Crippen molar-refractivity contribution in [2.45, 2.75) is 32.8 Å². The first kappa shape index (κ1) is 13.6. The Labute approximate surface area is 104 Å². The monoisotopic (exact) mass is 266 g/mol. The van der Waals surface area contributed by atoms with Crippen molar-refractivity contribution in [3.8, 4) is 0 Å². The summed E-state index contributed by atoms with van der Waals surface area (Å²) in [5.41, 5.74) is 0. The van der Waals surface area contributed by atoms with Crippen LogP contribution in [0.25, 0.3) is 0 Å². The summed E-state index contributed by atoms with van der Waals surface area (Å²) in [5, 5.41) is -0.536. The van der Waals surface area contributed by atoms with Crippen molar-refractivity contribution in [3.05, 3.63) is 21.9 Å². The standard InChI is InChI=1S/C10H13Cl2FN2O/c1-3-5-6(16-4-2)10-14-8(11)7(13)9(12)15-10/h6H,3-5H2,1-2H3. The predicted molar refractivity (Wildman–Crippen MR) is 61.3 cm³/mol. The van der Waals surface area contributed by atoms with Gasteiger partial charge in [0.25, 0.3) is 0 Å². The minimum Gasteiger partial charge on any atom is -0.371 e. The summed E-state index contributed by atoms with van der Waals surface area (Å²) in [6.07, 6.45) is 1.36.